The van der Waals surface area contributed by atoms with Gasteiger partial charge >= 0.3 is 17.9 Å². The van der Waals surface area contributed by atoms with Gasteiger partial charge in [-0.3, -0.25) is 14.4 Å². The summed E-state index contributed by atoms with van der Waals surface area (Å²) in [7, 11) is 0. The van der Waals surface area contributed by atoms with Crippen LogP contribution in [0.4, 0.5) is 0 Å². The minimum Gasteiger partial charge on any atom is -0.462 e. The molecule has 1 atom stereocenters. The van der Waals surface area contributed by atoms with Crippen LogP contribution in [0.3, 0.4) is 0 Å². The van der Waals surface area contributed by atoms with Crippen molar-refractivity contribution in [2.45, 2.75) is 290 Å². The highest BCUT2D eigenvalue weighted by atomic mass is 16.6. The average Bonchev–Trinajstić information content (AvgIpc) is 3.38. The number of hydrogen-bond donors (Lipinski definition) is 0. The molecule has 0 rings (SSSR count). The maximum atomic E-state index is 12.9. The van der Waals surface area contributed by atoms with E-state index in [0.29, 0.717) is 19.3 Å². The number of esters is 3. The second-order valence-corrected chi connectivity index (χ2v) is 19.9. The number of carbonyl (C=O) groups excluding carboxylic acids is 3. The van der Waals surface area contributed by atoms with Crippen molar-refractivity contribution in [3.8, 4) is 0 Å². The Morgan fingerprint density at radius 3 is 0.889 bits per heavy atom. The summed E-state index contributed by atoms with van der Waals surface area (Å²) in [5.41, 5.74) is 0. The maximum absolute atomic E-state index is 12.9. The summed E-state index contributed by atoms with van der Waals surface area (Å²) in [4.78, 5) is 38.2. The van der Waals surface area contributed by atoms with Crippen LogP contribution in [0.2, 0.25) is 0 Å². The van der Waals surface area contributed by atoms with E-state index in [1.165, 1.54) is 122 Å². The predicted molar refractivity (Wildman–Crippen MR) is 311 cm³/mol. The highest BCUT2D eigenvalue weighted by Gasteiger charge is 2.19. The van der Waals surface area contributed by atoms with E-state index in [1.807, 2.05) is 0 Å². The van der Waals surface area contributed by atoms with Crippen LogP contribution in [0.5, 0.6) is 0 Å². The molecule has 0 aliphatic heterocycles. The lowest BCUT2D eigenvalue weighted by Gasteiger charge is -2.18. The minimum atomic E-state index is -0.793. The normalized spacial score (nSPS) is 12.8. The molecule has 0 aliphatic rings. The van der Waals surface area contributed by atoms with E-state index >= 15 is 0 Å². The summed E-state index contributed by atoms with van der Waals surface area (Å²) in [6.45, 7) is 6.48. The van der Waals surface area contributed by atoms with Crippen molar-refractivity contribution in [3.63, 3.8) is 0 Å². The number of carbonyl (C=O) groups is 3. The van der Waals surface area contributed by atoms with Crippen LogP contribution in [0.15, 0.2) is 97.2 Å². The van der Waals surface area contributed by atoms with E-state index in [9.17, 15) is 14.4 Å². The summed E-state index contributed by atoms with van der Waals surface area (Å²) in [6, 6.07) is 0. The number of hydrogen-bond acceptors (Lipinski definition) is 6. The van der Waals surface area contributed by atoms with Gasteiger partial charge in [-0.2, -0.15) is 0 Å². The first-order chi connectivity index (χ1) is 35.5. The monoisotopic (exact) mass is 1000 g/mol. The average molecular weight is 1000 g/mol. The Balaban J connectivity index is 4.42. The van der Waals surface area contributed by atoms with Crippen LogP contribution < -0.4 is 0 Å². The molecule has 0 saturated carbocycles. The van der Waals surface area contributed by atoms with Crippen molar-refractivity contribution in [2.24, 2.45) is 0 Å². The van der Waals surface area contributed by atoms with Gasteiger partial charge in [0.15, 0.2) is 6.10 Å². The molecule has 412 valence electrons. The molecule has 0 fully saturated rings. The van der Waals surface area contributed by atoms with Gasteiger partial charge in [0.2, 0.25) is 0 Å². The fraction of sp³-hybridized carbons (Fsp3) is 0.712. The fourth-order valence-corrected chi connectivity index (χ4v) is 8.26. The molecule has 0 aliphatic carbocycles. The quantitative estimate of drug-likeness (QED) is 0.0261. The maximum Gasteiger partial charge on any atom is 0.306 e. The summed E-state index contributed by atoms with van der Waals surface area (Å²) in [5.74, 6) is -0.912. The van der Waals surface area contributed by atoms with E-state index in [0.717, 1.165) is 122 Å². The van der Waals surface area contributed by atoms with E-state index < -0.39 is 6.10 Å². The smallest absolute Gasteiger partial charge is 0.306 e. The number of ether oxygens (including phenoxy) is 3. The third-order valence-electron chi connectivity index (χ3n) is 12.8. The Hall–Kier alpha value is -3.67. The molecular weight excluding hydrogens is 889 g/mol. The highest BCUT2D eigenvalue weighted by Crippen LogP contribution is 2.15. The zero-order valence-electron chi connectivity index (χ0n) is 47.2. The SMILES string of the molecule is CC/C=C\C/C=C\C/C=C\C/C=C\CCCCCCCCCCC(=O)OCC(COC(=O)CCCCCCC/C=C\CCCCCCC)OC(=O)CCCCCCCC/C=C\C/C=C\C/C=C\CCCCC. The first kappa shape index (κ1) is 68.3. The molecule has 0 amide bonds. The second kappa shape index (κ2) is 59.9. The van der Waals surface area contributed by atoms with E-state index in [1.54, 1.807) is 0 Å². The minimum absolute atomic E-state index is 0.0898. The van der Waals surface area contributed by atoms with Crippen molar-refractivity contribution in [3.05, 3.63) is 97.2 Å². The van der Waals surface area contributed by atoms with Gasteiger partial charge in [-0.15, -0.1) is 0 Å². The molecule has 0 bridgehead atoms. The summed E-state index contributed by atoms with van der Waals surface area (Å²) in [6.07, 6.45) is 79.6. The van der Waals surface area contributed by atoms with Crippen molar-refractivity contribution in [1.29, 1.82) is 0 Å². The van der Waals surface area contributed by atoms with Gasteiger partial charge in [-0.25, -0.2) is 0 Å². The molecular formula is C66H112O6. The zero-order valence-corrected chi connectivity index (χ0v) is 47.2. The van der Waals surface area contributed by atoms with Crippen LogP contribution in [0.25, 0.3) is 0 Å². The second-order valence-electron chi connectivity index (χ2n) is 19.9. The molecule has 0 N–H and O–H groups in total. The van der Waals surface area contributed by atoms with Crippen LogP contribution in [0, 0.1) is 0 Å². The van der Waals surface area contributed by atoms with Crippen LogP contribution >= 0.6 is 0 Å². The molecule has 0 heterocycles. The van der Waals surface area contributed by atoms with E-state index in [2.05, 4.69) is 118 Å². The van der Waals surface area contributed by atoms with Gasteiger partial charge < -0.3 is 14.2 Å². The largest absolute Gasteiger partial charge is 0.462 e. The van der Waals surface area contributed by atoms with Crippen LogP contribution in [-0.2, 0) is 28.6 Å². The summed E-state index contributed by atoms with van der Waals surface area (Å²) in [5, 5.41) is 0. The Morgan fingerprint density at radius 1 is 0.292 bits per heavy atom. The first-order valence-corrected chi connectivity index (χ1v) is 30.2. The number of rotatable bonds is 54. The van der Waals surface area contributed by atoms with Gasteiger partial charge in [-0.1, -0.05) is 240 Å². The molecule has 72 heavy (non-hydrogen) atoms. The first-order valence-electron chi connectivity index (χ1n) is 30.2. The van der Waals surface area contributed by atoms with Crippen molar-refractivity contribution in [1.82, 2.24) is 0 Å². The number of unbranched alkanes of at least 4 members (excludes halogenated alkanes) is 27. The Labute approximate surface area is 445 Å². The fourth-order valence-electron chi connectivity index (χ4n) is 8.26. The van der Waals surface area contributed by atoms with Gasteiger partial charge in [0, 0.05) is 19.3 Å². The lowest BCUT2D eigenvalue weighted by atomic mass is 10.1. The lowest BCUT2D eigenvalue weighted by Crippen LogP contribution is -2.30. The molecule has 0 aromatic carbocycles. The lowest BCUT2D eigenvalue weighted by molar-refractivity contribution is -0.167. The Kier molecular flexibility index (Phi) is 56.8. The molecule has 0 aromatic rings. The van der Waals surface area contributed by atoms with Gasteiger partial charge in [0.1, 0.15) is 13.2 Å². The third kappa shape index (κ3) is 57.2. The molecule has 1 unspecified atom stereocenters. The Morgan fingerprint density at radius 2 is 0.542 bits per heavy atom. The molecule has 6 nitrogen and oxygen atoms in total. The molecule has 0 spiro atoms. The third-order valence-corrected chi connectivity index (χ3v) is 12.8. The van der Waals surface area contributed by atoms with Crippen LogP contribution in [-0.4, -0.2) is 37.2 Å². The predicted octanol–water partition coefficient (Wildman–Crippen LogP) is 20.5. The molecule has 0 aromatic heterocycles. The Bertz CT molecular complexity index is 1430. The van der Waals surface area contributed by atoms with Crippen molar-refractivity contribution >= 4 is 17.9 Å². The summed E-state index contributed by atoms with van der Waals surface area (Å²) >= 11 is 0. The van der Waals surface area contributed by atoms with Gasteiger partial charge in [0.25, 0.3) is 0 Å². The topological polar surface area (TPSA) is 78.9 Å². The van der Waals surface area contributed by atoms with Gasteiger partial charge in [-0.05, 0) is 122 Å². The number of allylic oxidation sites excluding steroid dienone is 16. The van der Waals surface area contributed by atoms with Crippen molar-refractivity contribution in [2.75, 3.05) is 13.2 Å². The zero-order chi connectivity index (χ0) is 52.2. The van der Waals surface area contributed by atoms with Crippen LogP contribution in [0.1, 0.15) is 284 Å². The van der Waals surface area contributed by atoms with Crippen molar-refractivity contribution < 1.29 is 28.6 Å². The standard InChI is InChI=1S/C66H112O6/c1-4-7-10-13-16-19-22-25-28-30-32-33-35-36-38-41-44-47-50-53-56-59-65(68)71-62-63(61-70-64(67)58-55-52-49-46-43-40-27-24-21-18-15-12-9-6-3)72-66(69)60-57-54-51-48-45-42-39-37-34-31-29-26-23-20-17-14-11-8-5-2/h7,10,16-17,19-20,24-29,32-34,37,63H,4-6,8-9,11-15,18,21-23,30-31,35-36,38-62H2,1-3H3/b10-7-,19-16-,20-17-,27-24-,28-25-,29-26-,33-32-,37-34-. The van der Waals surface area contributed by atoms with E-state index in [-0.39, 0.29) is 31.1 Å². The molecule has 0 radical (unpaired) electrons. The summed E-state index contributed by atoms with van der Waals surface area (Å²) < 4.78 is 16.9. The molecule has 6 heteroatoms. The van der Waals surface area contributed by atoms with Gasteiger partial charge in [0.05, 0.1) is 0 Å². The molecule has 0 saturated heterocycles. The highest BCUT2D eigenvalue weighted by molar-refractivity contribution is 5.71. The van der Waals surface area contributed by atoms with E-state index in [4.69, 9.17) is 14.2 Å².